The molecule has 1 amide bonds. The number of hydrogen-bond acceptors (Lipinski definition) is 4. The number of halogens is 1. The van der Waals surface area contributed by atoms with E-state index in [1.807, 2.05) is 45.0 Å². The summed E-state index contributed by atoms with van der Waals surface area (Å²) in [7, 11) is 1.60. The Hall–Kier alpha value is -2.09. The van der Waals surface area contributed by atoms with E-state index in [2.05, 4.69) is 39.2 Å². The summed E-state index contributed by atoms with van der Waals surface area (Å²) in [5.74, 6) is 1.20. The van der Waals surface area contributed by atoms with Gasteiger partial charge in [0.1, 0.15) is 0 Å². The van der Waals surface area contributed by atoms with E-state index in [4.69, 9.17) is 9.47 Å². The molecule has 26 heavy (non-hydrogen) atoms. The molecule has 0 heterocycles. The summed E-state index contributed by atoms with van der Waals surface area (Å²) in [6.45, 7) is 6.53. The molecule has 0 spiro atoms. The highest BCUT2D eigenvalue weighted by Crippen LogP contribution is 2.33. The predicted molar refractivity (Wildman–Crippen MR) is 112 cm³/mol. The first-order valence-electron chi connectivity index (χ1n) is 8.33. The van der Waals surface area contributed by atoms with Crippen LogP contribution in [-0.4, -0.2) is 25.8 Å². The van der Waals surface area contributed by atoms with Gasteiger partial charge in [-0.3, -0.25) is 4.79 Å². The molecule has 2 aromatic rings. The zero-order valence-electron chi connectivity index (χ0n) is 15.4. The quantitative estimate of drug-likeness (QED) is 0.381. The first-order chi connectivity index (χ1) is 12.4. The van der Waals surface area contributed by atoms with Gasteiger partial charge in [0.15, 0.2) is 11.5 Å². The van der Waals surface area contributed by atoms with E-state index in [9.17, 15) is 4.79 Å². The minimum atomic E-state index is -0.152. The maximum absolute atomic E-state index is 12.1. The number of methoxy groups -OCH3 is 1. The lowest BCUT2D eigenvalue weighted by Crippen LogP contribution is -2.20. The van der Waals surface area contributed by atoms with Crippen LogP contribution >= 0.6 is 22.6 Å². The molecule has 138 valence electrons. The molecule has 0 fully saturated rings. The van der Waals surface area contributed by atoms with Crippen LogP contribution in [0.4, 0.5) is 0 Å². The van der Waals surface area contributed by atoms with Crippen molar-refractivity contribution in [1.82, 2.24) is 5.43 Å². The maximum atomic E-state index is 12.1. The molecular weight excluding hydrogens is 443 g/mol. The molecule has 6 heteroatoms. The van der Waals surface area contributed by atoms with Crippen LogP contribution in [-0.2, 0) is 11.2 Å². The molecule has 0 radical (unpaired) electrons. The Morgan fingerprint density at radius 1 is 1.27 bits per heavy atom. The zero-order valence-corrected chi connectivity index (χ0v) is 17.6. The molecule has 0 aromatic heterocycles. The standard InChI is InChI=1S/C20H23IN2O3/c1-5-26-20-17(21)9-15(10-18(20)25-4)12-22-23-19(24)11-16-7-6-13(2)8-14(16)3/h6-10,12H,5,11H2,1-4H3,(H,23,24)/b22-12+. The van der Waals surface area contributed by atoms with Crippen molar-refractivity contribution in [2.75, 3.05) is 13.7 Å². The lowest BCUT2D eigenvalue weighted by atomic mass is 10.0. The predicted octanol–water partition coefficient (Wildman–Crippen LogP) is 4.01. The van der Waals surface area contributed by atoms with Crippen LogP contribution in [0.5, 0.6) is 11.5 Å². The van der Waals surface area contributed by atoms with Crippen LogP contribution in [0.2, 0.25) is 0 Å². The number of hydrogen-bond donors (Lipinski definition) is 1. The summed E-state index contributed by atoms with van der Waals surface area (Å²) in [4.78, 5) is 12.1. The number of nitrogens with zero attached hydrogens (tertiary/aromatic N) is 1. The van der Waals surface area contributed by atoms with Gasteiger partial charge in [0, 0.05) is 0 Å². The van der Waals surface area contributed by atoms with Gasteiger partial charge in [-0.15, -0.1) is 0 Å². The van der Waals surface area contributed by atoms with Crippen molar-refractivity contribution in [3.8, 4) is 11.5 Å². The van der Waals surface area contributed by atoms with Crippen LogP contribution in [0, 0.1) is 17.4 Å². The molecule has 0 unspecified atom stereocenters. The van der Waals surface area contributed by atoms with Crippen molar-refractivity contribution in [1.29, 1.82) is 0 Å². The van der Waals surface area contributed by atoms with Gasteiger partial charge < -0.3 is 9.47 Å². The largest absolute Gasteiger partial charge is 0.493 e. The number of carbonyl (C=O) groups is 1. The van der Waals surface area contributed by atoms with Crippen molar-refractivity contribution in [3.05, 3.63) is 56.2 Å². The molecule has 0 aliphatic rings. The van der Waals surface area contributed by atoms with E-state index in [-0.39, 0.29) is 5.91 Å². The number of amides is 1. The van der Waals surface area contributed by atoms with Gasteiger partial charge in [-0.05, 0) is 72.2 Å². The molecule has 0 saturated heterocycles. The minimum absolute atomic E-state index is 0.152. The van der Waals surface area contributed by atoms with Crippen molar-refractivity contribution < 1.29 is 14.3 Å². The highest BCUT2D eigenvalue weighted by molar-refractivity contribution is 14.1. The summed E-state index contributed by atoms with van der Waals surface area (Å²) in [6, 6.07) is 9.81. The lowest BCUT2D eigenvalue weighted by Gasteiger charge is -2.12. The molecule has 0 aliphatic heterocycles. The molecule has 2 aromatic carbocycles. The Labute approximate surface area is 167 Å². The Balaban J connectivity index is 2.03. The Bertz CT molecular complexity index is 819. The number of carbonyl (C=O) groups excluding carboxylic acids is 1. The Morgan fingerprint density at radius 3 is 2.69 bits per heavy atom. The molecule has 5 nitrogen and oxygen atoms in total. The Morgan fingerprint density at radius 2 is 2.04 bits per heavy atom. The van der Waals surface area contributed by atoms with Crippen LogP contribution in [0.3, 0.4) is 0 Å². The highest BCUT2D eigenvalue weighted by atomic mass is 127. The molecule has 0 bridgehead atoms. The molecular formula is C20H23IN2O3. The third kappa shape index (κ3) is 5.45. The van der Waals surface area contributed by atoms with Crippen LogP contribution in [0.1, 0.15) is 29.2 Å². The van der Waals surface area contributed by atoms with E-state index in [0.29, 0.717) is 24.5 Å². The summed E-state index contributed by atoms with van der Waals surface area (Å²) in [5, 5.41) is 4.05. The smallest absolute Gasteiger partial charge is 0.244 e. The highest BCUT2D eigenvalue weighted by Gasteiger charge is 2.10. The Kier molecular flexibility index (Phi) is 7.44. The third-order valence-corrected chi connectivity index (χ3v) is 4.59. The van der Waals surface area contributed by atoms with Gasteiger partial charge in [0.2, 0.25) is 5.91 Å². The van der Waals surface area contributed by atoms with Crippen molar-refractivity contribution in [3.63, 3.8) is 0 Å². The van der Waals surface area contributed by atoms with Gasteiger partial charge >= 0.3 is 0 Å². The average molecular weight is 466 g/mol. The average Bonchev–Trinajstić information content (AvgIpc) is 2.59. The summed E-state index contributed by atoms with van der Waals surface area (Å²) < 4.78 is 11.9. The number of benzene rings is 2. The fourth-order valence-electron chi connectivity index (χ4n) is 2.53. The van der Waals surface area contributed by atoms with Crippen molar-refractivity contribution in [2.24, 2.45) is 5.10 Å². The second-order valence-corrected chi connectivity index (χ2v) is 7.03. The van der Waals surface area contributed by atoms with Crippen molar-refractivity contribution >= 4 is 34.7 Å². The fraction of sp³-hybridized carbons (Fsp3) is 0.300. The minimum Gasteiger partial charge on any atom is -0.493 e. The monoisotopic (exact) mass is 466 g/mol. The number of aryl methyl sites for hydroxylation is 2. The lowest BCUT2D eigenvalue weighted by molar-refractivity contribution is -0.120. The van der Waals surface area contributed by atoms with E-state index in [1.165, 1.54) is 5.56 Å². The SMILES string of the molecule is CCOc1c(I)cc(/C=N/NC(=O)Cc2ccc(C)cc2C)cc1OC. The number of ether oxygens (including phenoxy) is 2. The second-order valence-electron chi connectivity index (χ2n) is 5.87. The molecule has 2 rings (SSSR count). The van der Waals surface area contributed by atoms with E-state index in [0.717, 1.165) is 20.3 Å². The number of hydrazone groups is 1. The van der Waals surface area contributed by atoms with Crippen LogP contribution in [0.25, 0.3) is 0 Å². The van der Waals surface area contributed by atoms with E-state index in [1.54, 1.807) is 13.3 Å². The first kappa shape index (κ1) is 20.2. The number of rotatable bonds is 7. The molecule has 0 atom stereocenters. The third-order valence-electron chi connectivity index (χ3n) is 3.79. The van der Waals surface area contributed by atoms with Gasteiger partial charge in [-0.1, -0.05) is 23.8 Å². The normalized spacial score (nSPS) is 10.8. The zero-order chi connectivity index (χ0) is 19.1. The van der Waals surface area contributed by atoms with Gasteiger partial charge in [-0.2, -0.15) is 5.10 Å². The molecule has 1 N–H and O–H groups in total. The van der Waals surface area contributed by atoms with Crippen LogP contribution < -0.4 is 14.9 Å². The maximum Gasteiger partial charge on any atom is 0.244 e. The van der Waals surface area contributed by atoms with Gasteiger partial charge in [-0.25, -0.2) is 5.43 Å². The van der Waals surface area contributed by atoms with E-state index < -0.39 is 0 Å². The molecule has 0 aliphatic carbocycles. The summed E-state index contributed by atoms with van der Waals surface area (Å²) in [6.07, 6.45) is 1.90. The van der Waals surface area contributed by atoms with Crippen LogP contribution in [0.15, 0.2) is 35.4 Å². The summed E-state index contributed by atoms with van der Waals surface area (Å²) in [5.41, 5.74) is 6.69. The second kappa shape index (κ2) is 9.56. The van der Waals surface area contributed by atoms with E-state index >= 15 is 0 Å². The summed E-state index contributed by atoms with van der Waals surface area (Å²) >= 11 is 2.19. The van der Waals surface area contributed by atoms with Gasteiger partial charge in [0.05, 0.1) is 29.9 Å². The van der Waals surface area contributed by atoms with Gasteiger partial charge in [0.25, 0.3) is 0 Å². The first-order valence-corrected chi connectivity index (χ1v) is 9.40. The topological polar surface area (TPSA) is 59.9 Å². The van der Waals surface area contributed by atoms with Crippen molar-refractivity contribution in [2.45, 2.75) is 27.2 Å². The molecule has 0 saturated carbocycles. The fourth-order valence-corrected chi connectivity index (χ4v) is 3.32. The number of nitrogens with one attached hydrogen (secondary N) is 1.